The van der Waals surface area contributed by atoms with Crippen LogP contribution < -0.4 is 10.1 Å². The van der Waals surface area contributed by atoms with Crippen molar-refractivity contribution < 1.29 is 4.74 Å². The van der Waals surface area contributed by atoms with E-state index in [1.165, 1.54) is 5.56 Å². The van der Waals surface area contributed by atoms with Crippen molar-refractivity contribution in [3.05, 3.63) is 59.3 Å². The topological polar surface area (TPSA) is 34.1 Å². The fraction of sp³-hybridized carbons (Fsp3) is 0.389. The Kier molecular flexibility index (Phi) is 5.34. The Bertz CT molecular complexity index is 567. The van der Waals surface area contributed by atoms with Gasteiger partial charge in [0.2, 0.25) is 5.88 Å². The summed E-state index contributed by atoms with van der Waals surface area (Å²) in [6.45, 7) is 9.19. The smallest absolute Gasteiger partial charge is 0.214 e. The molecule has 112 valence electrons. The van der Waals surface area contributed by atoms with Crippen LogP contribution in [0.15, 0.2) is 42.5 Å². The number of benzene rings is 1. The maximum Gasteiger partial charge on any atom is 0.214 e. The number of nitrogens with zero attached hydrogens (tertiary/aromatic N) is 1. The van der Waals surface area contributed by atoms with Crippen molar-refractivity contribution in [2.45, 2.75) is 46.4 Å². The highest BCUT2D eigenvalue weighted by atomic mass is 16.5. The zero-order chi connectivity index (χ0) is 15.2. The summed E-state index contributed by atoms with van der Waals surface area (Å²) in [7, 11) is 0. The van der Waals surface area contributed by atoms with Crippen LogP contribution in [-0.2, 0) is 6.54 Å². The average Bonchev–Trinajstić information content (AvgIpc) is 2.47. The third-order valence-corrected chi connectivity index (χ3v) is 3.44. The van der Waals surface area contributed by atoms with Crippen molar-refractivity contribution >= 4 is 0 Å². The molecule has 0 fully saturated rings. The van der Waals surface area contributed by atoms with Crippen LogP contribution in [-0.4, -0.2) is 11.0 Å². The molecule has 0 spiro atoms. The molecule has 1 N–H and O–H groups in total. The van der Waals surface area contributed by atoms with E-state index in [0.717, 1.165) is 17.8 Å². The fourth-order valence-electron chi connectivity index (χ4n) is 2.11. The minimum Gasteiger partial charge on any atom is -0.470 e. The van der Waals surface area contributed by atoms with Crippen molar-refractivity contribution in [2.24, 2.45) is 0 Å². The lowest BCUT2D eigenvalue weighted by molar-refractivity contribution is 0.217. The molecule has 3 heteroatoms. The molecule has 0 saturated carbocycles. The number of hydrogen-bond donors (Lipinski definition) is 1. The van der Waals surface area contributed by atoms with Gasteiger partial charge in [-0.25, -0.2) is 4.98 Å². The Morgan fingerprint density at radius 3 is 2.38 bits per heavy atom. The van der Waals surface area contributed by atoms with Crippen LogP contribution in [0.1, 0.15) is 43.7 Å². The number of aromatic nitrogens is 1. The Balaban J connectivity index is 2.03. The van der Waals surface area contributed by atoms with E-state index in [2.05, 4.69) is 42.3 Å². The minimum absolute atomic E-state index is 0.00209. The zero-order valence-electron chi connectivity index (χ0n) is 13.3. The van der Waals surface area contributed by atoms with Crippen LogP contribution in [0.2, 0.25) is 0 Å². The van der Waals surface area contributed by atoms with E-state index in [-0.39, 0.29) is 6.10 Å². The molecule has 0 amide bonds. The first kappa shape index (κ1) is 15.5. The van der Waals surface area contributed by atoms with Crippen LogP contribution in [0, 0.1) is 6.92 Å². The summed E-state index contributed by atoms with van der Waals surface area (Å²) in [6, 6.07) is 14.7. The molecular weight excluding hydrogens is 260 g/mol. The molecule has 1 unspecified atom stereocenters. The maximum absolute atomic E-state index is 5.93. The minimum atomic E-state index is -0.00209. The van der Waals surface area contributed by atoms with Gasteiger partial charge in [0.1, 0.15) is 6.10 Å². The van der Waals surface area contributed by atoms with Gasteiger partial charge in [0.15, 0.2) is 0 Å². The standard InChI is InChI=1S/C18H24N2O/c1-13(2)19-12-17-10-11-18(20-14(17)3)21-15(4)16-8-6-5-7-9-16/h5-11,13,15,19H,12H2,1-4H3. The van der Waals surface area contributed by atoms with Crippen LogP contribution in [0.3, 0.4) is 0 Å². The highest BCUT2D eigenvalue weighted by molar-refractivity contribution is 5.26. The predicted molar refractivity (Wildman–Crippen MR) is 86.4 cm³/mol. The highest BCUT2D eigenvalue weighted by Gasteiger charge is 2.09. The Hall–Kier alpha value is -1.87. The van der Waals surface area contributed by atoms with E-state index in [1.807, 2.05) is 38.1 Å². The van der Waals surface area contributed by atoms with Crippen LogP contribution in [0.5, 0.6) is 5.88 Å². The second-order valence-electron chi connectivity index (χ2n) is 5.60. The van der Waals surface area contributed by atoms with Gasteiger partial charge in [-0.1, -0.05) is 50.2 Å². The van der Waals surface area contributed by atoms with E-state index in [4.69, 9.17) is 4.74 Å². The van der Waals surface area contributed by atoms with Crippen molar-refractivity contribution in [1.82, 2.24) is 10.3 Å². The quantitative estimate of drug-likeness (QED) is 0.869. The fourth-order valence-corrected chi connectivity index (χ4v) is 2.11. The number of aryl methyl sites for hydroxylation is 1. The molecule has 1 atom stereocenters. The molecule has 0 aliphatic carbocycles. The van der Waals surface area contributed by atoms with Gasteiger partial charge in [-0.15, -0.1) is 0 Å². The molecule has 0 aliphatic heterocycles. The molecule has 1 heterocycles. The largest absolute Gasteiger partial charge is 0.470 e. The summed E-state index contributed by atoms with van der Waals surface area (Å²) in [5, 5.41) is 3.41. The summed E-state index contributed by atoms with van der Waals surface area (Å²) >= 11 is 0. The van der Waals surface area contributed by atoms with Crippen molar-refractivity contribution in [2.75, 3.05) is 0 Å². The SMILES string of the molecule is Cc1nc(OC(C)c2ccccc2)ccc1CNC(C)C. The second kappa shape index (κ2) is 7.23. The second-order valence-corrected chi connectivity index (χ2v) is 5.60. The van der Waals surface area contributed by atoms with Gasteiger partial charge < -0.3 is 10.1 Å². The van der Waals surface area contributed by atoms with Gasteiger partial charge in [-0.05, 0) is 25.0 Å². The lowest BCUT2D eigenvalue weighted by Gasteiger charge is -2.16. The molecule has 0 bridgehead atoms. The predicted octanol–water partition coefficient (Wildman–Crippen LogP) is 4.03. The number of pyridine rings is 1. The van der Waals surface area contributed by atoms with Crippen molar-refractivity contribution in [3.63, 3.8) is 0 Å². The van der Waals surface area contributed by atoms with E-state index in [9.17, 15) is 0 Å². The summed E-state index contributed by atoms with van der Waals surface area (Å²) in [4.78, 5) is 4.55. The van der Waals surface area contributed by atoms with E-state index in [0.29, 0.717) is 11.9 Å². The summed E-state index contributed by atoms with van der Waals surface area (Å²) in [6.07, 6.45) is -0.00209. The van der Waals surface area contributed by atoms with E-state index in [1.54, 1.807) is 0 Å². The van der Waals surface area contributed by atoms with E-state index >= 15 is 0 Å². The maximum atomic E-state index is 5.93. The first-order valence-corrected chi connectivity index (χ1v) is 7.47. The molecule has 21 heavy (non-hydrogen) atoms. The average molecular weight is 284 g/mol. The molecule has 3 nitrogen and oxygen atoms in total. The van der Waals surface area contributed by atoms with Gasteiger partial charge in [-0.2, -0.15) is 0 Å². The zero-order valence-corrected chi connectivity index (χ0v) is 13.3. The van der Waals surface area contributed by atoms with Crippen molar-refractivity contribution in [3.8, 4) is 5.88 Å². The lowest BCUT2D eigenvalue weighted by atomic mass is 10.1. The third-order valence-electron chi connectivity index (χ3n) is 3.44. The molecule has 0 aliphatic rings. The first-order chi connectivity index (χ1) is 10.1. The first-order valence-electron chi connectivity index (χ1n) is 7.47. The van der Waals surface area contributed by atoms with Crippen molar-refractivity contribution in [1.29, 1.82) is 0 Å². The van der Waals surface area contributed by atoms with Gasteiger partial charge in [0.25, 0.3) is 0 Å². The molecule has 0 saturated heterocycles. The van der Waals surface area contributed by atoms with Crippen LogP contribution in [0.25, 0.3) is 0 Å². The van der Waals surface area contributed by atoms with Gasteiger partial charge >= 0.3 is 0 Å². The highest BCUT2D eigenvalue weighted by Crippen LogP contribution is 2.21. The Morgan fingerprint density at radius 1 is 1.05 bits per heavy atom. The normalized spacial score (nSPS) is 12.4. The Morgan fingerprint density at radius 2 is 1.76 bits per heavy atom. The number of hydrogen-bond acceptors (Lipinski definition) is 3. The molecule has 0 radical (unpaired) electrons. The summed E-state index contributed by atoms with van der Waals surface area (Å²) in [5.74, 6) is 0.678. The van der Waals surface area contributed by atoms with Crippen LogP contribution in [0.4, 0.5) is 0 Å². The molecule has 1 aromatic carbocycles. The third kappa shape index (κ3) is 4.57. The van der Waals surface area contributed by atoms with Gasteiger partial charge in [0.05, 0.1) is 0 Å². The van der Waals surface area contributed by atoms with Gasteiger partial charge in [0, 0.05) is 24.3 Å². The monoisotopic (exact) mass is 284 g/mol. The van der Waals surface area contributed by atoms with E-state index < -0.39 is 0 Å². The Labute approximate surface area is 127 Å². The molecular formula is C18H24N2O. The summed E-state index contributed by atoms with van der Waals surface area (Å²) in [5.41, 5.74) is 3.38. The number of rotatable bonds is 6. The lowest BCUT2D eigenvalue weighted by Crippen LogP contribution is -2.22. The molecule has 1 aromatic heterocycles. The molecule has 2 rings (SSSR count). The number of ether oxygens (including phenoxy) is 1. The summed E-state index contributed by atoms with van der Waals surface area (Å²) < 4.78 is 5.93. The molecule has 2 aromatic rings. The number of nitrogens with one attached hydrogen (secondary N) is 1. The van der Waals surface area contributed by atoms with Gasteiger partial charge in [-0.3, -0.25) is 0 Å². The van der Waals surface area contributed by atoms with Crippen LogP contribution >= 0.6 is 0 Å².